The monoisotopic (exact) mass is 144 g/mol. The third-order valence-corrected chi connectivity index (χ3v) is 0. The van der Waals surface area contributed by atoms with Crippen molar-refractivity contribution in [3.63, 3.8) is 0 Å². The second kappa shape index (κ2) is 19.7. The maximum atomic E-state index is 0. The van der Waals surface area contributed by atoms with Gasteiger partial charge in [0.05, 0.1) is 0 Å². The van der Waals surface area contributed by atoms with E-state index in [-0.39, 0.29) is 69.6 Å². The van der Waals surface area contributed by atoms with Crippen LogP contribution < -0.4 is 0 Å². The van der Waals surface area contributed by atoms with Gasteiger partial charge < -0.3 is 0 Å². The maximum Gasteiger partial charge on any atom is 0 e. The second-order valence-electron chi connectivity index (χ2n) is 0. The Balaban J connectivity index is 0. The van der Waals surface area contributed by atoms with Gasteiger partial charge in [0.15, 0.2) is 0 Å². The van der Waals surface area contributed by atoms with Gasteiger partial charge in [-0.15, -0.1) is 24.8 Å². The van der Waals surface area contributed by atoms with Gasteiger partial charge in [0, 0.05) is 44.8 Å². The Morgan fingerprint density at radius 2 is 0.750 bits per heavy atom. The standard InChI is InChI=1S/2ClH.Mg.Ti/h2*1H;;. The van der Waals surface area contributed by atoms with E-state index in [0.29, 0.717) is 0 Å². The first-order valence-electron chi connectivity index (χ1n) is 0. The molecular weight excluding hydrogens is 143 g/mol. The predicted octanol–water partition coefficient (Wildman–Crippen LogP) is 0.460. The van der Waals surface area contributed by atoms with Crippen molar-refractivity contribution in [2.75, 3.05) is 0 Å². The van der Waals surface area contributed by atoms with Gasteiger partial charge in [0.2, 0.25) is 0 Å². The molecule has 0 heterocycles. The van der Waals surface area contributed by atoms with Crippen LogP contribution in [0.2, 0.25) is 0 Å². The van der Waals surface area contributed by atoms with Crippen LogP contribution in [0.3, 0.4) is 0 Å². The molecule has 0 spiro atoms. The van der Waals surface area contributed by atoms with Crippen LogP contribution in [0.25, 0.3) is 0 Å². The molecule has 2 radical (unpaired) electrons. The van der Waals surface area contributed by atoms with Gasteiger partial charge in [0.25, 0.3) is 0 Å². The summed E-state index contributed by atoms with van der Waals surface area (Å²) in [6, 6.07) is 0. The van der Waals surface area contributed by atoms with E-state index in [9.17, 15) is 0 Å². The molecule has 0 bridgehead atoms. The van der Waals surface area contributed by atoms with Crippen molar-refractivity contribution in [3.05, 3.63) is 0 Å². The molecule has 0 saturated carbocycles. The first-order valence-corrected chi connectivity index (χ1v) is 0. The van der Waals surface area contributed by atoms with Crippen LogP contribution in [0.15, 0.2) is 0 Å². The molecule has 0 saturated heterocycles. The molecule has 0 nitrogen and oxygen atoms in total. The van der Waals surface area contributed by atoms with Crippen molar-refractivity contribution in [1.82, 2.24) is 0 Å². The van der Waals surface area contributed by atoms with Crippen molar-refractivity contribution in [1.29, 1.82) is 0 Å². The Kier molecular flexibility index (Phi) is 180. The Hall–Kier alpha value is 2.06. The van der Waals surface area contributed by atoms with Gasteiger partial charge in [-0.3, -0.25) is 0 Å². The van der Waals surface area contributed by atoms with Crippen molar-refractivity contribution in [2.24, 2.45) is 0 Å². The van der Waals surface area contributed by atoms with Gasteiger partial charge in [-0.05, 0) is 0 Å². The summed E-state index contributed by atoms with van der Waals surface area (Å²) < 4.78 is 0. The summed E-state index contributed by atoms with van der Waals surface area (Å²) in [6.07, 6.45) is 0. The van der Waals surface area contributed by atoms with E-state index in [0.717, 1.165) is 0 Å². The first kappa shape index (κ1) is 36.6. The molecular formula is H2Cl2MgTi. The zero-order valence-electron chi connectivity index (χ0n) is 2.02. The smallest absolute Gasteiger partial charge is 0 e. The molecule has 0 aromatic rings. The molecule has 0 fully saturated rings. The van der Waals surface area contributed by atoms with Crippen LogP contribution in [0.5, 0.6) is 0 Å². The van der Waals surface area contributed by atoms with E-state index in [2.05, 4.69) is 0 Å². The minimum absolute atomic E-state index is 0. The van der Waals surface area contributed by atoms with E-state index in [1.54, 1.807) is 0 Å². The second-order valence-corrected chi connectivity index (χ2v) is 0. The maximum absolute atomic E-state index is 0. The van der Waals surface area contributed by atoms with E-state index >= 15 is 0 Å². The summed E-state index contributed by atoms with van der Waals surface area (Å²) >= 11 is 0. The molecule has 0 atom stereocenters. The van der Waals surface area contributed by atoms with E-state index in [1.807, 2.05) is 0 Å². The number of rotatable bonds is 0. The summed E-state index contributed by atoms with van der Waals surface area (Å²) in [4.78, 5) is 0. The van der Waals surface area contributed by atoms with Crippen LogP contribution >= 0.6 is 24.8 Å². The Morgan fingerprint density at radius 1 is 0.750 bits per heavy atom. The van der Waals surface area contributed by atoms with Gasteiger partial charge in [-0.1, -0.05) is 0 Å². The minimum atomic E-state index is 0. The Morgan fingerprint density at radius 3 is 0.750 bits per heavy atom. The fraction of sp³-hybridized carbons (Fsp3) is 0. The zero-order valence-corrected chi connectivity index (χ0v) is 6.63. The van der Waals surface area contributed by atoms with Gasteiger partial charge >= 0.3 is 0 Å². The fourth-order valence-electron chi connectivity index (χ4n) is 0. The van der Waals surface area contributed by atoms with Crippen LogP contribution in [0.4, 0.5) is 0 Å². The number of hydrogen-bond donors (Lipinski definition) is 0. The van der Waals surface area contributed by atoms with E-state index in [4.69, 9.17) is 0 Å². The van der Waals surface area contributed by atoms with Crippen molar-refractivity contribution in [2.45, 2.75) is 0 Å². The molecule has 4 heavy (non-hydrogen) atoms. The summed E-state index contributed by atoms with van der Waals surface area (Å²) in [5.74, 6) is 0. The van der Waals surface area contributed by atoms with Crippen LogP contribution in [0.1, 0.15) is 0 Å². The molecule has 0 amide bonds. The average Bonchev–Trinajstić information content (AvgIpc) is 0. The van der Waals surface area contributed by atoms with Crippen LogP contribution in [-0.4, -0.2) is 23.1 Å². The number of hydrogen-bond acceptors (Lipinski definition) is 0. The molecule has 0 aliphatic heterocycles. The first-order chi connectivity index (χ1) is 0. The summed E-state index contributed by atoms with van der Waals surface area (Å²) in [5.41, 5.74) is 0. The Labute approximate surface area is 69.0 Å². The minimum Gasteiger partial charge on any atom is -0.147 e. The van der Waals surface area contributed by atoms with Crippen molar-refractivity contribution < 1.29 is 21.7 Å². The molecule has 0 aliphatic carbocycles. The van der Waals surface area contributed by atoms with Gasteiger partial charge in [-0.2, -0.15) is 0 Å². The summed E-state index contributed by atoms with van der Waals surface area (Å²) in [5, 5.41) is 0. The van der Waals surface area contributed by atoms with E-state index < -0.39 is 0 Å². The van der Waals surface area contributed by atoms with Gasteiger partial charge in [0.1, 0.15) is 0 Å². The van der Waals surface area contributed by atoms with Gasteiger partial charge in [-0.25, -0.2) is 0 Å². The quantitative estimate of drug-likeness (QED) is 0.434. The predicted molar refractivity (Wildman–Crippen MR) is 20.2 cm³/mol. The third kappa shape index (κ3) is 8.96. The normalized spacial score (nSPS) is 0. The van der Waals surface area contributed by atoms with Crippen LogP contribution in [-0.2, 0) is 21.7 Å². The zero-order chi connectivity index (χ0) is 0. The molecule has 0 aromatic heterocycles. The molecule has 0 aromatic carbocycles. The Bertz CT molecular complexity index is 6.00. The molecule has 4 heteroatoms. The molecule has 0 unspecified atom stereocenters. The largest absolute Gasteiger partial charge is 0.147 e. The fourth-order valence-corrected chi connectivity index (χ4v) is 0. The van der Waals surface area contributed by atoms with Crippen molar-refractivity contribution >= 4 is 47.9 Å². The molecule has 0 aliphatic rings. The molecule has 0 rings (SSSR count). The summed E-state index contributed by atoms with van der Waals surface area (Å²) in [6.45, 7) is 0. The average molecular weight is 145 g/mol. The molecule has 22 valence electrons. The van der Waals surface area contributed by atoms with E-state index in [1.165, 1.54) is 0 Å². The van der Waals surface area contributed by atoms with Crippen molar-refractivity contribution in [3.8, 4) is 0 Å². The SMILES string of the molecule is Cl.Cl.[Mg].[Ti]. The molecule has 0 N–H and O–H groups in total. The third-order valence-electron chi connectivity index (χ3n) is 0. The number of halogens is 2. The topological polar surface area (TPSA) is 0 Å². The summed E-state index contributed by atoms with van der Waals surface area (Å²) in [7, 11) is 0. The van der Waals surface area contributed by atoms with Crippen LogP contribution in [0, 0.1) is 0 Å².